The summed E-state index contributed by atoms with van der Waals surface area (Å²) in [6.45, 7) is 0. The predicted octanol–water partition coefficient (Wildman–Crippen LogP) is 13.7. The van der Waals surface area contributed by atoms with E-state index in [0.29, 0.717) is 17.5 Å². The van der Waals surface area contributed by atoms with Crippen molar-refractivity contribution in [1.82, 2.24) is 19.5 Å². The molecule has 8 aromatic carbocycles. The molecule has 56 heavy (non-hydrogen) atoms. The first-order chi connectivity index (χ1) is 27.7. The van der Waals surface area contributed by atoms with Crippen molar-refractivity contribution < 1.29 is 0 Å². The minimum absolute atomic E-state index is 0.641. The molecule has 0 bridgehead atoms. The van der Waals surface area contributed by atoms with Crippen molar-refractivity contribution in [1.29, 1.82) is 0 Å². The molecular formula is C51H32N4S. The van der Waals surface area contributed by atoms with Crippen LogP contribution in [-0.4, -0.2) is 19.5 Å². The number of hydrogen-bond donors (Lipinski definition) is 0. The second-order valence-electron chi connectivity index (χ2n) is 14.0. The lowest BCUT2D eigenvalue weighted by Crippen LogP contribution is -2.00. The molecule has 0 amide bonds. The minimum Gasteiger partial charge on any atom is -0.309 e. The SMILES string of the molecule is c1ccc(-c2cc(-c3ccccc3)c3sc4cc(-c5nc(-c6ccccc6)nc(-c6ccc7c(c6)c6ccccc6n7-c6ccccc6)n5)ccc4c3c2)cc1. The van der Waals surface area contributed by atoms with E-state index in [1.807, 2.05) is 29.5 Å². The molecule has 0 atom stereocenters. The summed E-state index contributed by atoms with van der Waals surface area (Å²) >= 11 is 1.83. The fourth-order valence-corrected chi connectivity index (χ4v) is 9.22. The van der Waals surface area contributed by atoms with E-state index in [1.54, 1.807) is 0 Å². The van der Waals surface area contributed by atoms with Gasteiger partial charge in [-0.25, -0.2) is 15.0 Å². The van der Waals surface area contributed by atoms with Crippen LogP contribution in [0.5, 0.6) is 0 Å². The molecule has 0 N–H and O–H groups in total. The minimum atomic E-state index is 0.641. The number of aromatic nitrogens is 4. The van der Waals surface area contributed by atoms with E-state index in [-0.39, 0.29) is 0 Å². The van der Waals surface area contributed by atoms with Gasteiger partial charge in [0.15, 0.2) is 17.5 Å². The molecule has 11 aromatic rings. The van der Waals surface area contributed by atoms with E-state index in [0.717, 1.165) is 38.8 Å². The molecule has 0 radical (unpaired) electrons. The number of rotatable bonds is 6. The lowest BCUT2D eigenvalue weighted by atomic mass is 9.96. The van der Waals surface area contributed by atoms with Gasteiger partial charge in [0.2, 0.25) is 0 Å². The maximum absolute atomic E-state index is 5.21. The third-order valence-electron chi connectivity index (χ3n) is 10.6. The average Bonchev–Trinajstić information content (AvgIpc) is 3.82. The molecule has 11 rings (SSSR count). The van der Waals surface area contributed by atoms with Crippen molar-refractivity contribution in [2.45, 2.75) is 0 Å². The van der Waals surface area contributed by atoms with Crippen LogP contribution in [0.15, 0.2) is 194 Å². The van der Waals surface area contributed by atoms with Gasteiger partial charge in [-0.3, -0.25) is 0 Å². The van der Waals surface area contributed by atoms with Crippen molar-refractivity contribution in [2.24, 2.45) is 0 Å². The van der Waals surface area contributed by atoms with Crippen LogP contribution in [0.4, 0.5) is 0 Å². The smallest absolute Gasteiger partial charge is 0.164 e. The third-order valence-corrected chi connectivity index (χ3v) is 11.8. The zero-order valence-electron chi connectivity index (χ0n) is 30.2. The Morgan fingerprint density at radius 2 is 0.875 bits per heavy atom. The normalized spacial score (nSPS) is 11.6. The molecule has 262 valence electrons. The van der Waals surface area contributed by atoms with Crippen molar-refractivity contribution in [3.63, 3.8) is 0 Å². The van der Waals surface area contributed by atoms with Gasteiger partial charge in [-0.1, -0.05) is 140 Å². The van der Waals surface area contributed by atoms with Gasteiger partial charge in [0.25, 0.3) is 0 Å². The molecule has 0 saturated carbocycles. The molecule has 0 spiro atoms. The molecular weight excluding hydrogens is 701 g/mol. The Labute approximate surface area is 327 Å². The van der Waals surface area contributed by atoms with Gasteiger partial charge in [-0.15, -0.1) is 11.3 Å². The van der Waals surface area contributed by atoms with Gasteiger partial charge < -0.3 is 4.57 Å². The van der Waals surface area contributed by atoms with Crippen LogP contribution in [0.3, 0.4) is 0 Å². The summed E-state index contributed by atoms with van der Waals surface area (Å²) < 4.78 is 4.79. The Morgan fingerprint density at radius 1 is 0.339 bits per heavy atom. The van der Waals surface area contributed by atoms with E-state index in [9.17, 15) is 0 Å². The summed E-state index contributed by atoms with van der Waals surface area (Å²) in [6, 6.07) is 68.6. The molecule has 0 aliphatic rings. The highest BCUT2D eigenvalue weighted by molar-refractivity contribution is 7.26. The summed E-state index contributed by atoms with van der Waals surface area (Å²) in [5.74, 6) is 1.93. The summed E-state index contributed by atoms with van der Waals surface area (Å²) in [5, 5.41) is 4.81. The van der Waals surface area contributed by atoms with Crippen LogP contribution < -0.4 is 0 Å². The van der Waals surface area contributed by atoms with E-state index in [2.05, 4.69) is 180 Å². The second-order valence-corrected chi connectivity index (χ2v) is 15.1. The third kappa shape index (κ3) is 5.48. The zero-order valence-corrected chi connectivity index (χ0v) is 31.0. The van der Waals surface area contributed by atoms with E-state index >= 15 is 0 Å². The Kier molecular flexibility index (Phi) is 7.64. The molecule has 0 saturated heterocycles. The molecule has 3 aromatic heterocycles. The van der Waals surface area contributed by atoms with Crippen LogP contribution in [0, 0.1) is 0 Å². The Bertz CT molecular complexity index is 3230. The molecule has 4 nitrogen and oxygen atoms in total. The van der Waals surface area contributed by atoms with Crippen LogP contribution in [0.2, 0.25) is 0 Å². The fraction of sp³-hybridized carbons (Fsp3) is 0. The standard InChI is InChI=1S/C51H32N4S/c1-5-15-33(16-6-1)38-30-42(34-17-7-2-8-18-34)48-44(31-38)41-27-25-37(32-47(41)56-48)51-53-49(35-19-9-3-10-20-35)52-50(54-51)36-26-28-46-43(29-36)40-23-13-14-24-45(40)55(46)39-21-11-4-12-22-39/h1-32H. The maximum atomic E-state index is 5.21. The summed E-state index contributed by atoms with van der Waals surface area (Å²) in [7, 11) is 0. The van der Waals surface area contributed by atoms with Gasteiger partial charge in [0.05, 0.1) is 11.0 Å². The highest BCUT2D eigenvalue weighted by atomic mass is 32.1. The second kappa shape index (κ2) is 13.3. The van der Waals surface area contributed by atoms with E-state index < -0.39 is 0 Å². The molecule has 5 heteroatoms. The van der Waals surface area contributed by atoms with E-state index in [1.165, 1.54) is 47.8 Å². The van der Waals surface area contributed by atoms with Crippen LogP contribution in [0.1, 0.15) is 0 Å². The lowest BCUT2D eigenvalue weighted by Gasteiger charge is -2.10. The zero-order chi connectivity index (χ0) is 37.0. The fourth-order valence-electron chi connectivity index (χ4n) is 7.96. The van der Waals surface area contributed by atoms with Crippen LogP contribution in [0.25, 0.3) is 104 Å². The van der Waals surface area contributed by atoms with Crippen LogP contribution in [-0.2, 0) is 0 Å². The number of benzene rings is 8. The quantitative estimate of drug-likeness (QED) is 0.171. The topological polar surface area (TPSA) is 43.6 Å². The highest BCUT2D eigenvalue weighted by Gasteiger charge is 2.18. The van der Waals surface area contributed by atoms with Gasteiger partial charge in [-0.05, 0) is 71.3 Å². The van der Waals surface area contributed by atoms with E-state index in [4.69, 9.17) is 15.0 Å². The Morgan fingerprint density at radius 3 is 1.59 bits per heavy atom. The van der Waals surface area contributed by atoms with Crippen molar-refractivity contribution in [3.05, 3.63) is 194 Å². The molecule has 0 aliphatic carbocycles. The monoisotopic (exact) mass is 732 g/mol. The average molecular weight is 733 g/mol. The van der Waals surface area contributed by atoms with Gasteiger partial charge in [0.1, 0.15) is 0 Å². The lowest BCUT2D eigenvalue weighted by molar-refractivity contribution is 1.07. The van der Waals surface area contributed by atoms with Crippen LogP contribution >= 0.6 is 11.3 Å². The number of nitrogens with zero attached hydrogens (tertiary/aromatic N) is 4. The predicted molar refractivity (Wildman–Crippen MR) is 234 cm³/mol. The van der Waals surface area contributed by atoms with Crippen molar-refractivity contribution in [3.8, 4) is 62.1 Å². The first kappa shape index (κ1) is 32.2. The number of thiophene rings is 1. The first-order valence-electron chi connectivity index (χ1n) is 18.8. The summed E-state index contributed by atoms with van der Waals surface area (Å²) in [4.78, 5) is 15.4. The number of fused-ring (bicyclic) bond motifs is 6. The highest BCUT2D eigenvalue weighted by Crippen LogP contribution is 2.44. The molecule has 0 unspecified atom stereocenters. The Hall–Kier alpha value is -7.21. The number of hydrogen-bond acceptors (Lipinski definition) is 4. The van der Waals surface area contributed by atoms with Gasteiger partial charge in [0, 0.05) is 58.9 Å². The first-order valence-corrected chi connectivity index (χ1v) is 19.6. The summed E-state index contributed by atoms with van der Waals surface area (Å²) in [6.07, 6.45) is 0. The van der Waals surface area contributed by atoms with Gasteiger partial charge in [-0.2, -0.15) is 0 Å². The Balaban J connectivity index is 1.09. The summed E-state index contributed by atoms with van der Waals surface area (Å²) in [5.41, 5.74) is 11.1. The van der Waals surface area contributed by atoms with Crippen molar-refractivity contribution in [2.75, 3.05) is 0 Å². The molecule has 0 aliphatic heterocycles. The maximum Gasteiger partial charge on any atom is 0.164 e. The largest absolute Gasteiger partial charge is 0.309 e. The number of para-hydroxylation sites is 2. The molecule has 0 fully saturated rings. The van der Waals surface area contributed by atoms with Crippen molar-refractivity contribution >= 4 is 53.3 Å². The molecule has 3 heterocycles. The van der Waals surface area contributed by atoms with Gasteiger partial charge >= 0.3 is 0 Å².